The molecular formula is C15H20N2O3. The molecule has 20 heavy (non-hydrogen) atoms. The zero-order valence-corrected chi connectivity index (χ0v) is 12.3. The van der Waals surface area contributed by atoms with E-state index in [4.69, 9.17) is 9.26 Å². The van der Waals surface area contributed by atoms with E-state index in [0.29, 0.717) is 11.7 Å². The molecule has 1 N–H and O–H groups in total. The van der Waals surface area contributed by atoms with Crippen molar-refractivity contribution in [3.8, 4) is 5.75 Å². The standard InChI is InChI=1S/C15H20N2O3/c1-9(2)15-16-14(17-20-15)8-19-13-6-5-12(11(4)18)7-10(13)3/h5-7,9,11,18H,8H2,1-4H3. The van der Waals surface area contributed by atoms with E-state index in [-0.39, 0.29) is 12.5 Å². The molecule has 0 amide bonds. The predicted octanol–water partition coefficient (Wildman–Crippen LogP) is 3.13. The maximum Gasteiger partial charge on any atom is 0.229 e. The molecule has 2 aromatic rings. The maximum atomic E-state index is 9.53. The Morgan fingerprint density at radius 3 is 2.60 bits per heavy atom. The van der Waals surface area contributed by atoms with Gasteiger partial charge in [-0.15, -0.1) is 0 Å². The summed E-state index contributed by atoms with van der Waals surface area (Å²) in [5.41, 5.74) is 1.84. The van der Waals surface area contributed by atoms with E-state index in [0.717, 1.165) is 16.9 Å². The van der Waals surface area contributed by atoms with Crippen molar-refractivity contribution in [3.63, 3.8) is 0 Å². The Balaban J connectivity index is 2.03. The van der Waals surface area contributed by atoms with Crippen molar-refractivity contribution in [2.75, 3.05) is 0 Å². The molecule has 0 fully saturated rings. The quantitative estimate of drug-likeness (QED) is 0.908. The van der Waals surface area contributed by atoms with Crippen molar-refractivity contribution in [1.29, 1.82) is 0 Å². The highest BCUT2D eigenvalue weighted by Gasteiger charge is 2.11. The summed E-state index contributed by atoms with van der Waals surface area (Å²) in [7, 11) is 0. The van der Waals surface area contributed by atoms with Crippen molar-refractivity contribution in [2.45, 2.75) is 46.3 Å². The Labute approximate surface area is 118 Å². The van der Waals surface area contributed by atoms with Crippen LogP contribution in [0.2, 0.25) is 0 Å². The largest absolute Gasteiger partial charge is 0.485 e. The minimum Gasteiger partial charge on any atom is -0.485 e. The topological polar surface area (TPSA) is 68.4 Å². The molecule has 0 spiro atoms. The van der Waals surface area contributed by atoms with E-state index < -0.39 is 6.10 Å². The molecule has 108 valence electrons. The third kappa shape index (κ3) is 3.36. The summed E-state index contributed by atoms with van der Waals surface area (Å²) >= 11 is 0. The lowest BCUT2D eigenvalue weighted by Crippen LogP contribution is -2.00. The fraction of sp³-hybridized carbons (Fsp3) is 0.467. The molecule has 0 bridgehead atoms. The Kier molecular flexibility index (Phi) is 4.39. The van der Waals surface area contributed by atoms with Crippen LogP contribution in [0.5, 0.6) is 5.75 Å². The average molecular weight is 276 g/mol. The summed E-state index contributed by atoms with van der Waals surface area (Å²) in [4.78, 5) is 4.26. The smallest absolute Gasteiger partial charge is 0.229 e. The van der Waals surface area contributed by atoms with E-state index >= 15 is 0 Å². The van der Waals surface area contributed by atoms with Crippen molar-refractivity contribution < 1.29 is 14.4 Å². The monoisotopic (exact) mass is 276 g/mol. The second-order valence-electron chi connectivity index (χ2n) is 5.19. The van der Waals surface area contributed by atoms with Crippen LogP contribution < -0.4 is 4.74 Å². The summed E-state index contributed by atoms with van der Waals surface area (Å²) < 4.78 is 10.8. The molecule has 0 saturated heterocycles. The number of aliphatic hydroxyl groups excluding tert-OH is 1. The minimum atomic E-state index is -0.478. The first-order chi connectivity index (χ1) is 9.47. The molecule has 0 aliphatic heterocycles. The Morgan fingerprint density at radius 2 is 2.05 bits per heavy atom. The lowest BCUT2D eigenvalue weighted by molar-refractivity contribution is 0.199. The van der Waals surface area contributed by atoms with Gasteiger partial charge in [-0.1, -0.05) is 25.1 Å². The normalized spacial score (nSPS) is 12.7. The third-order valence-electron chi connectivity index (χ3n) is 3.02. The first-order valence-electron chi connectivity index (χ1n) is 6.71. The molecule has 0 aliphatic rings. The molecule has 0 aliphatic carbocycles. The third-order valence-corrected chi connectivity index (χ3v) is 3.02. The van der Waals surface area contributed by atoms with E-state index in [1.807, 2.05) is 39.0 Å². The number of hydrogen-bond acceptors (Lipinski definition) is 5. The zero-order valence-electron chi connectivity index (χ0n) is 12.3. The molecule has 0 radical (unpaired) electrons. The molecule has 1 aromatic heterocycles. The van der Waals surface area contributed by atoms with Crippen molar-refractivity contribution in [2.24, 2.45) is 0 Å². The molecule has 1 atom stereocenters. The first-order valence-corrected chi connectivity index (χ1v) is 6.71. The van der Waals surface area contributed by atoms with Gasteiger partial charge in [0.05, 0.1) is 6.10 Å². The van der Waals surface area contributed by atoms with Crippen LogP contribution >= 0.6 is 0 Å². The van der Waals surface area contributed by atoms with Gasteiger partial charge in [-0.3, -0.25) is 0 Å². The molecule has 5 heteroatoms. The van der Waals surface area contributed by atoms with Gasteiger partial charge in [-0.05, 0) is 37.1 Å². The molecule has 0 saturated carbocycles. The van der Waals surface area contributed by atoms with Crippen LogP contribution in [0.1, 0.15) is 55.6 Å². The second kappa shape index (κ2) is 6.05. The van der Waals surface area contributed by atoms with E-state index in [9.17, 15) is 5.11 Å². The number of ether oxygens (including phenoxy) is 1. The van der Waals surface area contributed by atoms with Crippen LogP contribution in [0.25, 0.3) is 0 Å². The molecule has 2 rings (SSSR count). The summed E-state index contributed by atoms with van der Waals surface area (Å²) in [5, 5.41) is 13.4. The zero-order chi connectivity index (χ0) is 14.7. The van der Waals surface area contributed by atoms with Crippen LogP contribution in [0.3, 0.4) is 0 Å². The lowest BCUT2D eigenvalue weighted by atomic mass is 10.1. The Hall–Kier alpha value is -1.88. The van der Waals surface area contributed by atoms with Gasteiger partial charge in [0, 0.05) is 5.92 Å². The Bertz CT molecular complexity index is 576. The van der Waals surface area contributed by atoms with Crippen LogP contribution in [-0.2, 0) is 6.61 Å². The summed E-state index contributed by atoms with van der Waals surface area (Å²) in [5.74, 6) is 2.12. The molecular weight excluding hydrogens is 256 g/mol. The molecule has 1 unspecified atom stereocenters. The van der Waals surface area contributed by atoms with Gasteiger partial charge in [-0.25, -0.2) is 0 Å². The predicted molar refractivity (Wildman–Crippen MR) is 74.5 cm³/mol. The van der Waals surface area contributed by atoms with Crippen molar-refractivity contribution in [3.05, 3.63) is 41.0 Å². The highest BCUT2D eigenvalue weighted by Crippen LogP contribution is 2.23. The first kappa shape index (κ1) is 14.5. The number of hydrogen-bond donors (Lipinski definition) is 1. The van der Waals surface area contributed by atoms with Gasteiger partial charge in [0.15, 0.2) is 6.61 Å². The fourth-order valence-corrected chi connectivity index (χ4v) is 1.80. The fourth-order valence-electron chi connectivity index (χ4n) is 1.80. The van der Waals surface area contributed by atoms with Gasteiger partial charge in [-0.2, -0.15) is 4.98 Å². The average Bonchev–Trinajstić information content (AvgIpc) is 2.86. The summed E-state index contributed by atoms with van der Waals surface area (Å²) in [6.45, 7) is 7.94. The lowest BCUT2D eigenvalue weighted by Gasteiger charge is -2.10. The number of aromatic nitrogens is 2. The van der Waals surface area contributed by atoms with Gasteiger partial charge in [0.1, 0.15) is 5.75 Å². The summed E-state index contributed by atoms with van der Waals surface area (Å²) in [6, 6.07) is 5.61. The van der Waals surface area contributed by atoms with Crippen LogP contribution in [0.4, 0.5) is 0 Å². The molecule has 5 nitrogen and oxygen atoms in total. The highest BCUT2D eigenvalue weighted by molar-refractivity contribution is 5.36. The van der Waals surface area contributed by atoms with Crippen LogP contribution in [0, 0.1) is 6.92 Å². The highest BCUT2D eigenvalue weighted by atomic mass is 16.5. The molecule has 1 aromatic carbocycles. The van der Waals surface area contributed by atoms with E-state index in [1.54, 1.807) is 6.92 Å². The van der Waals surface area contributed by atoms with Gasteiger partial charge >= 0.3 is 0 Å². The number of aryl methyl sites for hydroxylation is 1. The number of rotatable bonds is 5. The van der Waals surface area contributed by atoms with Crippen molar-refractivity contribution in [1.82, 2.24) is 10.1 Å². The number of benzene rings is 1. The van der Waals surface area contributed by atoms with E-state index in [1.165, 1.54) is 0 Å². The van der Waals surface area contributed by atoms with E-state index in [2.05, 4.69) is 10.1 Å². The van der Waals surface area contributed by atoms with Crippen LogP contribution in [0.15, 0.2) is 22.7 Å². The van der Waals surface area contributed by atoms with Gasteiger partial charge in [0.25, 0.3) is 0 Å². The summed E-state index contributed by atoms with van der Waals surface area (Å²) in [6.07, 6.45) is -0.478. The van der Waals surface area contributed by atoms with Crippen LogP contribution in [-0.4, -0.2) is 15.2 Å². The maximum absolute atomic E-state index is 9.53. The van der Waals surface area contributed by atoms with Gasteiger partial charge in [0.2, 0.25) is 11.7 Å². The molecule has 1 heterocycles. The van der Waals surface area contributed by atoms with Crippen molar-refractivity contribution >= 4 is 0 Å². The minimum absolute atomic E-state index is 0.211. The Morgan fingerprint density at radius 1 is 1.30 bits per heavy atom. The number of aliphatic hydroxyl groups is 1. The number of nitrogens with zero attached hydrogens (tertiary/aromatic N) is 2. The second-order valence-corrected chi connectivity index (χ2v) is 5.19. The van der Waals surface area contributed by atoms with Gasteiger partial charge < -0.3 is 14.4 Å². The SMILES string of the molecule is Cc1cc(C(C)O)ccc1OCc1noc(C(C)C)n1.